The smallest absolute Gasteiger partial charge is 0.255 e. The molecule has 92 valence electrons. The number of nitriles is 2. The van der Waals surface area contributed by atoms with E-state index in [1.54, 1.807) is 12.1 Å². The highest BCUT2D eigenvalue weighted by atomic mass is 16.2. The highest BCUT2D eigenvalue weighted by Crippen LogP contribution is 2.09. The van der Waals surface area contributed by atoms with Gasteiger partial charge in [-0.2, -0.15) is 10.5 Å². The molecular formula is C14H15N3O. The minimum Gasteiger partial charge on any atom is -0.312 e. The van der Waals surface area contributed by atoms with Crippen molar-refractivity contribution in [2.24, 2.45) is 0 Å². The molecule has 4 heteroatoms. The second-order valence-corrected chi connectivity index (χ2v) is 3.92. The van der Waals surface area contributed by atoms with E-state index in [9.17, 15) is 4.79 Å². The number of rotatable bonds is 5. The first-order valence-electron chi connectivity index (χ1n) is 5.85. The lowest BCUT2D eigenvalue weighted by Gasteiger charge is -2.15. The highest BCUT2D eigenvalue weighted by molar-refractivity contribution is 5.94. The van der Waals surface area contributed by atoms with E-state index in [0.29, 0.717) is 5.56 Å². The molecule has 0 bridgehead atoms. The molecule has 0 fully saturated rings. The maximum absolute atomic E-state index is 12.0. The van der Waals surface area contributed by atoms with Crippen molar-refractivity contribution in [1.82, 2.24) is 4.90 Å². The summed E-state index contributed by atoms with van der Waals surface area (Å²) in [5.74, 6) is -0.277. The Morgan fingerprint density at radius 3 is 2.17 bits per heavy atom. The van der Waals surface area contributed by atoms with Gasteiger partial charge in [0.1, 0.15) is 13.1 Å². The van der Waals surface area contributed by atoms with Crippen molar-refractivity contribution in [3.8, 4) is 12.1 Å². The summed E-state index contributed by atoms with van der Waals surface area (Å²) in [7, 11) is 0. The summed E-state index contributed by atoms with van der Waals surface area (Å²) in [5.41, 5.74) is 1.70. The average molecular weight is 241 g/mol. The van der Waals surface area contributed by atoms with Crippen molar-refractivity contribution < 1.29 is 4.79 Å². The van der Waals surface area contributed by atoms with Gasteiger partial charge in [-0.3, -0.25) is 4.79 Å². The fourth-order valence-corrected chi connectivity index (χ4v) is 1.66. The molecule has 0 atom stereocenters. The lowest BCUT2D eigenvalue weighted by atomic mass is 10.1. The monoisotopic (exact) mass is 241 g/mol. The van der Waals surface area contributed by atoms with Gasteiger partial charge < -0.3 is 4.90 Å². The second kappa shape index (κ2) is 7.09. The summed E-state index contributed by atoms with van der Waals surface area (Å²) in [4.78, 5) is 13.2. The number of nitrogens with zero attached hydrogens (tertiary/aromatic N) is 3. The molecule has 0 aliphatic carbocycles. The third kappa shape index (κ3) is 3.61. The lowest BCUT2D eigenvalue weighted by Crippen LogP contribution is -2.31. The van der Waals surface area contributed by atoms with Gasteiger partial charge in [0.05, 0.1) is 12.1 Å². The normalized spacial score (nSPS) is 9.28. The van der Waals surface area contributed by atoms with Crippen LogP contribution in [-0.2, 0) is 6.42 Å². The minimum absolute atomic E-state index is 0.0664. The Morgan fingerprint density at radius 2 is 1.72 bits per heavy atom. The van der Waals surface area contributed by atoms with Crippen LogP contribution in [0.1, 0.15) is 29.3 Å². The van der Waals surface area contributed by atoms with Crippen LogP contribution in [0.15, 0.2) is 24.3 Å². The van der Waals surface area contributed by atoms with Crippen LogP contribution in [0.5, 0.6) is 0 Å². The van der Waals surface area contributed by atoms with Crippen molar-refractivity contribution >= 4 is 5.91 Å². The molecular weight excluding hydrogens is 226 g/mol. The molecule has 0 saturated heterocycles. The zero-order chi connectivity index (χ0) is 13.4. The van der Waals surface area contributed by atoms with Crippen molar-refractivity contribution in [2.75, 3.05) is 13.1 Å². The molecule has 0 aliphatic heterocycles. The van der Waals surface area contributed by atoms with Crippen LogP contribution >= 0.6 is 0 Å². The van der Waals surface area contributed by atoms with E-state index < -0.39 is 0 Å². The maximum Gasteiger partial charge on any atom is 0.255 e. The Labute approximate surface area is 107 Å². The van der Waals surface area contributed by atoms with E-state index in [2.05, 4.69) is 6.92 Å². The van der Waals surface area contributed by atoms with Crippen LogP contribution in [0.25, 0.3) is 0 Å². The molecule has 1 aromatic carbocycles. The Balaban J connectivity index is 2.82. The fourth-order valence-electron chi connectivity index (χ4n) is 1.66. The zero-order valence-electron chi connectivity index (χ0n) is 10.4. The third-order valence-electron chi connectivity index (χ3n) is 2.55. The van der Waals surface area contributed by atoms with Crippen LogP contribution in [0, 0.1) is 22.7 Å². The molecule has 18 heavy (non-hydrogen) atoms. The van der Waals surface area contributed by atoms with Gasteiger partial charge in [0.25, 0.3) is 5.91 Å². The van der Waals surface area contributed by atoms with Gasteiger partial charge in [-0.25, -0.2) is 0 Å². The minimum atomic E-state index is -0.277. The van der Waals surface area contributed by atoms with E-state index in [0.717, 1.165) is 12.8 Å². The molecule has 1 aromatic rings. The molecule has 4 nitrogen and oxygen atoms in total. The SMILES string of the molecule is CCCc1ccc(C(=O)N(CC#N)CC#N)cc1. The van der Waals surface area contributed by atoms with Crippen LogP contribution in [0.3, 0.4) is 0 Å². The molecule has 0 spiro atoms. The van der Waals surface area contributed by atoms with Gasteiger partial charge in [0, 0.05) is 5.56 Å². The third-order valence-corrected chi connectivity index (χ3v) is 2.55. The number of carbonyl (C=O) groups is 1. The summed E-state index contributed by atoms with van der Waals surface area (Å²) >= 11 is 0. The number of hydrogen-bond acceptors (Lipinski definition) is 3. The van der Waals surface area contributed by atoms with Crippen LogP contribution < -0.4 is 0 Å². The van der Waals surface area contributed by atoms with Crippen LogP contribution in [0.4, 0.5) is 0 Å². The second-order valence-electron chi connectivity index (χ2n) is 3.92. The van der Waals surface area contributed by atoms with Crippen molar-refractivity contribution in [1.29, 1.82) is 10.5 Å². The van der Waals surface area contributed by atoms with Crippen LogP contribution in [-0.4, -0.2) is 23.9 Å². The number of hydrogen-bond donors (Lipinski definition) is 0. The first-order valence-corrected chi connectivity index (χ1v) is 5.85. The zero-order valence-corrected chi connectivity index (χ0v) is 10.4. The van der Waals surface area contributed by atoms with E-state index in [-0.39, 0.29) is 19.0 Å². The topological polar surface area (TPSA) is 67.9 Å². The summed E-state index contributed by atoms with van der Waals surface area (Å²) < 4.78 is 0. The molecule has 0 aromatic heterocycles. The Morgan fingerprint density at radius 1 is 1.17 bits per heavy atom. The predicted octanol–water partition coefficient (Wildman–Crippen LogP) is 2.13. The number of benzene rings is 1. The van der Waals surface area contributed by atoms with Crippen molar-refractivity contribution in [3.05, 3.63) is 35.4 Å². The van der Waals surface area contributed by atoms with E-state index in [4.69, 9.17) is 10.5 Å². The number of carbonyl (C=O) groups excluding carboxylic acids is 1. The van der Waals surface area contributed by atoms with E-state index in [1.165, 1.54) is 10.5 Å². The fraction of sp³-hybridized carbons (Fsp3) is 0.357. The van der Waals surface area contributed by atoms with Gasteiger partial charge in [-0.15, -0.1) is 0 Å². The van der Waals surface area contributed by atoms with Gasteiger partial charge in [0.15, 0.2) is 0 Å². The molecule has 1 rings (SSSR count). The first kappa shape index (κ1) is 13.7. The number of amides is 1. The first-order chi connectivity index (χ1) is 8.72. The van der Waals surface area contributed by atoms with Crippen LogP contribution in [0.2, 0.25) is 0 Å². The highest BCUT2D eigenvalue weighted by Gasteiger charge is 2.14. The maximum atomic E-state index is 12.0. The van der Waals surface area contributed by atoms with Gasteiger partial charge in [-0.1, -0.05) is 25.5 Å². The quantitative estimate of drug-likeness (QED) is 0.741. The molecule has 0 heterocycles. The van der Waals surface area contributed by atoms with Crippen molar-refractivity contribution in [3.63, 3.8) is 0 Å². The Kier molecular flexibility index (Phi) is 5.41. The summed E-state index contributed by atoms with van der Waals surface area (Å²) in [6, 6.07) is 11.1. The van der Waals surface area contributed by atoms with E-state index in [1.807, 2.05) is 24.3 Å². The van der Waals surface area contributed by atoms with E-state index >= 15 is 0 Å². The summed E-state index contributed by atoms with van der Waals surface area (Å²) in [6.45, 7) is 1.97. The average Bonchev–Trinajstić information content (AvgIpc) is 2.39. The largest absolute Gasteiger partial charge is 0.312 e. The molecule has 0 radical (unpaired) electrons. The van der Waals surface area contributed by atoms with Gasteiger partial charge in [0.2, 0.25) is 0 Å². The molecule has 0 unspecified atom stereocenters. The van der Waals surface area contributed by atoms with Gasteiger partial charge in [-0.05, 0) is 24.1 Å². The Hall–Kier alpha value is -2.33. The standard InChI is InChI=1S/C14H15N3O/c1-2-3-12-4-6-13(7-5-12)14(18)17(10-8-15)11-9-16/h4-7H,2-3,10-11H2,1H3. The number of aryl methyl sites for hydroxylation is 1. The molecule has 0 saturated carbocycles. The van der Waals surface area contributed by atoms with Gasteiger partial charge >= 0.3 is 0 Å². The molecule has 0 aliphatic rings. The lowest BCUT2D eigenvalue weighted by molar-refractivity contribution is 0.0794. The predicted molar refractivity (Wildman–Crippen MR) is 67.6 cm³/mol. The van der Waals surface area contributed by atoms with Crippen molar-refractivity contribution in [2.45, 2.75) is 19.8 Å². The molecule has 0 N–H and O–H groups in total. The molecule has 1 amide bonds. The summed E-state index contributed by atoms with van der Waals surface area (Å²) in [5, 5.41) is 17.2. The Bertz CT molecular complexity index is 463. The summed E-state index contributed by atoms with van der Waals surface area (Å²) in [6.07, 6.45) is 2.04.